The summed E-state index contributed by atoms with van der Waals surface area (Å²) in [7, 11) is 0. The zero-order chi connectivity index (χ0) is 15.7. The summed E-state index contributed by atoms with van der Waals surface area (Å²) >= 11 is 0. The summed E-state index contributed by atoms with van der Waals surface area (Å²) in [6.45, 7) is 13.3. The summed E-state index contributed by atoms with van der Waals surface area (Å²) in [6.07, 6.45) is 0. The Morgan fingerprint density at radius 3 is 2.00 bits per heavy atom. The van der Waals surface area contributed by atoms with Gasteiger partial charge in [-0.2, -0.15) is 0 Å². The molecule has 0 aliphatic rings. The Morgan fingerprint density at radius 2 is 1.38 bits per heavy atom. The molecule has 0 bridgehead atoms. The van der Waals surface area contributed by atoms with E-state index in [-0.39, 0.29) is 10.8 Å². The van der Waals surface area contributed by atoms with Crippen LogP contribution in [-0.4, -0.2) is 0 Å². The monoisotopic (exact) mass is 282 g/mol. The maximum absolute atomic E-state index is 6.17. The highest BCUT2D eigenvalue weighted by Gasteiger charge is 2.19. The molecule has 0 saturated heterocycles. The van der Waals surface area contributed by atoms with Gasteiger partial charge >= 0.3 is 0 Å². The van der Waals surface area contributed by atoms with Crippen LogP contribution in [0.5, 0.6) is 11.5 Å². The Bertz CT molecular complexity index is 612. The molecule has 0 fully saturated rings. The van der Waals surface area contributed by atoms with E-state index in [2.05, 4.69) is 71.9 Å². The molecule has 0 aliphatic carbocycles. The summed E-state index contributed by atoms with van der Waals surface area (Å²) in [6, 6.07) is 16.7. The second-order valence-electron chi connectivity index (χ2n) is 7.63. The minimum atomic E-state index is 0.0677. The van der Waals surface area contributed by atoms with Crippen LogP contribution >= 0.6 is 0 Å². The topological polar surface area (TPSA) is 9.23 Å². The van der Waals surface area contributed by atoms with Crippen molar-refractivity contribution >= 4 is 0 Å². The van der Waals surface area contributed by atoms with Crippen molar-refractivity contribution in [3.8, 4) is 11.5 Å². The minimum Gasteiger partial charge on any atom is -0.457 e. The fraction of sp³-hybridized carbons (Fsp3) is 0.400. The largest absolute Gasteiger partial charge is 0.457 e. The molecule has 2 aromatic rings. The lowest BCUT2D eigenvalue weighted by molar-refractivity contribution is 0.453. The smallest absolute Gasteiger partial charge is 0.131 e. The number of ether oxygens (including phenoxy) is 1. The van der Waals surface area contributed by atoms with Gasteiger partial charge in [0.2, 0.25) is 0 Å². The maximum Gasteiger partial charge on any atom is 0.131 e. The van der Waals surface area contributed by atoms with Crippen LogP contribution in [0.15, 0.2) is 48.5 Å². The Kier molecular flexibility index (Phi) is 4.13. The van der Waals surface area contributed by atoms with Gasteiger partial charge in [0.15, 0.2) is 0 Å². The lowest BCUT2D eigenvalue weighted by atomic mass is 9.86. The third-order valence-electron chi connectivity index (χ3n) is 3.62. The van der Waals surface area contributed by atoms with Crippen LogP contribution in [0.1, 0.15) is 52.7 Å². The third kappa shape index (κ3) is 3.87. The standard InChI is InChI=1S/C20H26O/c1-19(2,3)15-10-9-11-16(14-15)21-18-13-8-7-12-17(18)20(4,5)6/h7-14H,1-6H3. The second kappa shape index (κ2) is 5.55. The molecule has 0 amide bonds. The number of hydrogen-bond acceptors (Lipinski definition) is 1. The fourth-order valence-electron chi connectivity index (χ4n) is 2.33. The predicted octanol–water partition coefficient (Wildman–Crippen LogP) is 6.07. The van der Waals surface area contributed by atoms with Crippen molar-refractivity contribution in [2.75, 3.05) is 0 Å². The van der Waals surface area contributed by atoms with E-state index in [0.717, 1.165) is 11.5 Å². The number of para-hydroxylation sites is 1. The van der Waals surface area contributed by atoms with Gasteiger partial charge in [0, 0.05) is 5.56 Å². The molecule has 0 heterocycles. The van der Waals surface area contributed by atoms with Crippen LogP contribution in [-0.2, 0) is 10.8 Å². The molecule has 0 spiro atoms. The van der Waals surface area contributed by atoms with E-state index in [1.165, 1.54) is 11.1 Å². The van der Waals surface area contributed by atoms with Crippen molar-refractivity contribution in [3.05, 3.63) is 59.7 Å². The van der Waals surface area contributed by atoms with E-state index in [9.17, 15) is 0 Å². The van der Waals surface area contributed by atoms with E-state index in [0.29, 0.717) is 0 Å². The normalized spacial score (nSPS) is 12.3. The molecule has 0 unspecified atom stereocenters. The highest BCUT2D eigenvalue weighted by Crippen LogP contribution is 2.35. The van der Waals surface area contributed by atoms with Gasteiger partial charge in [-0.1, -0.05) is 71.9 Å². The molecule has 112 valence electrons. The molecule has 0 N–H and O–H groups in total. The van der Waals surface area contributed by atoms with Crippen LogP contribution in [0.25, 0.3) is 0 Å². The average Bonchev–Trinajstić information content (AvgIpc) is 2.37. The molecule has 0 saturated carbocycles. The first-order valence-corrected chi connectivity index (χ1v) is 7.56. The second-order valence-corrected chi connectivity index (χ2v) is 7.63. The first kappa shape index (κ1) is 15.6. The predicted molar refractivity (Wildman–Crippen MR) is 90.4 cm³/mol. The molecule has 1 heteroatoms. The van der Waals surface area contributed by atoms with Crippen molar-refractivity contribution < 1.29 is 4.74 Å². The summed E-state index contributed by atoms with van der Waals surface area (Å²) < 4.78 is 6.17. The molecule has 21 heavy (non-hydrogen) atoms. The van der Waals surface area contributed by atoms with Gasteiger partial charge in [0.25, 0.3) is 0 Å². The third-order valence-corrected chi connectivity index (χ3v) is 3.62. The van der Waals surface area contributed by atoms with Gasteiger partial charge in [-0.3, -0.25) is 0 Å². The summed E-state index contributed by atoms with van der Waals surface area (Å²) in [5.74, 6) is 1.84. The average molecular weight is 282 g/mol. The van der Waals surface area contributed by atoms with E-state index in [1.54, 1.807) is 0 Å². The first-order valence-electron chi connectivity index (χ1n) is 7.56. The van der Waals surface area contributed by atoms with Crippen LogP contribution < -0.4 is 4.74 Å². The van der Waals surface area contributed by atoms with Gasteiger partial charge in [-0.25, -0.2) is 0 Å². The Morgan fingerprint density at radius 1 is 0.714 bits per heavy atom. The highest BCUT2D eigenvalue weighted by atomic mass is 16.5. The molecular formula is C20H26O. The van der Waals surface area contributed by atoms with Crippen LogP contribution in [0, 0.1) is 0 Å². The molecule has 0 atom stereocenters. The van der Waals surface area contributed by atoms with Crippen LogP contribution in [0.2, 0.25) is 0 Å². The first-order chi connectivity index (χ1) is 9.68. The van der Waals surface area contributed by atoms with Gasteiger partial charge in [-0.15, -0.1) is 0 Å². The molecule has 2 rings (SSSR count). The highest BCUT2D eigenvalue weighted by molar-refractivity contribution is 5.42. The Balaban J connectivity index is 2.36. The molecule has 0 aromatic heterocycles. The molecule has 0 radical (unpaired) electrons. The van der Waals surface area contributed by atoms with Crippen LogP contribution in [0.3, 0.4) is 0 Å². The zero-order valence-electron chi connectivity index (χ0n) is 14.0. The van der Waals surface area contributed by atoms with Gasteiger partial charge in [-0.05, 0) is 34.6 Å². The fourth-order valence-corrected chi connectivity index (χ4v) is 2.33. The summed E-state index contributed by atoms with van der Waals surface area (Å²) in [4.78, 5) is 0. The van der Waals surface area contributed by atoms with Crippen molar-refractivity contribution in [1.82, 2.24) is 0 Å². The molecular weight excluding hydrogens is 256 g/mol. The summed E-state index contributed by atoms with van der Waals surface area (Å²) in [5, 5.41) is 0. The Labute approximate surface area is 129 Å². The van der Waals surface area contributed by atoms with E-state index >= 15 is 0 Å². The zero-order valence-corrected chi connectivity index (χ0v) is 14.0. The van der Waals surface area contributed by atoms with Crippen molar-refractivity contribution in [2.45, 2.75) is 52.4 Å². The SMILES string of the molecule is CC(C)(C)c1cccc(Oc2ccccc2C(C)(C)C)c1. The van der Waals surface area contributed by atoms with Gasteiger partial charge in [0.1, 0.15) is 11.5 Å². The van der Waals surface area contributed by atoms with Gasteiger partial charge < -0.3 is 4.74 Å². The lowest BCUT2D eigenvalue weighted by Crippen LogP contribution is -2.13. The molecule has 1 nitrogen and oxygen atoms in total. The van der Waals surface area contributed by atoms with Crippen molar-refractivity contribution in [1.29, 1.82) is 0 Å². The van der Waals surface area contributed by atoms with E-state index in [1.807, 2.05) is 18.2 Å². The number of hydrogen-bond donors (Lipinski definition) is 0. The summed E-state index contributed by atoms with van der Waals surface area (Å²) in [5.41, 5.74) is 2.71. The quantitative estimate of drug-likeness (QED) is 0.649. The van der Waals surface area contributed by atoms with Crippen LogP contribution in [0.4, 0.5) is 0 Å². The lowest BCUT2D eigenvalue weighted by Gasteiger charge is -2.23. The van der Waals surface area contributed by atoms with Crippen molar-refractivity contribution in [2.24, 2.45) is 0 Å². The Hall–Kier alpha value is -1.76. The molecule has 0 aliphatic heterocycles. The number of rotatable bonds is 2. The van der Waals surface area contributed by atoms with Crippen molar-refractivity contribution in [3.63, 3.8) is 0 Å². The van der Waals surface area contributed by atoms with E-state index in [4.69, 9.17) is 4.74 Å². The van der Waals surface area contributed by atoms with Gasteiger partial charge in [0.05, 0.1) is 0 Å². The molecule has 2 aromatic carbocycles. The maximum atomic E-state index is 6.17. The van der Waals surface area contributed by atoms with E-state index < -0.39 is 0 Å². The number of benzene rings is 2. The minimum absolute atomic E-state index is 0.0677.